The van der Waals surface area contributed by atoms with E-state index < -0.39 is 11.9 Å². The summed E-state index contributed by atoms with van der Waals surface area (Å²) in [7, 11) is 0. The number of rotatable bonds is 4. The second-order valence-electron chi connectivity index (χ2n) is 5.55. The summed E-state index contributed by atoms with van der Waals surface area (Å²) >= 11 is 0. The van der Waals surface area contributed by atoms with Crippen LogP contribution in [0, 0.1) is 12.8 Å². The van der Waals surface area contributed by atoms with Gasteiger partial charge in [-0.3, -0.25) is 4.79 Å². The molecule has 0 radical (unpaired) electrons. The topological polar surface area (TPSA) is 37.3 Å². The van der Waals surface area contributed by atoms with Gasteiger partial charge in [0.2, 0.25) is 0 Å². The zero-order chi connectivity index (χ0) is 14.7. The molecule has 0 bridgehead atoms. The van der Waals surface area contributed by atoms with Gasteiger partial charge in [-0.2, -0.15) is 0 Å². The molecule has 0 aromatic heterocycles. The van der Waals surface area contributed by atoms with Gasteiger partial charge in [0.1, 0.15) is 0 Å². The summed E-state index contributed by atoms with van der Waals surface area (Å²) < 4.78 is 0. The minimum Gasteiger partial charge on any atom is -0.481 e. The van der Waals surface area contributed by atoms with E-state index in [-0.39, 0.29) is 5.92 Å². The van der Waals surface area contributed by atoms with Crippen LogP contribution in [0.25, 0.3) is 11.1 Å². The molecular weight excluding hydrogens is 248 g/mol. The summed E-state index contributed by atoms with van der Waals surface area (Å²) in [5, 5.41) is 9.32. The summed E-state index contributed by atoms with van der Waals surface area (Å²) in [5.74, 6) is -1.12. The minimum atomic E-state index is -0.761. The number of hydrogen-bond acceptors (Lipinski definition) is 1. The van der Waals surface area contributed by atoms with Crippen molar-refractivity contribution < 1.29 is 9.90 Å². The molecule has 0 saturated heterocycles. The summed E-state index contributed by atoms with van der Waals surface area (Å²) in [6.07, 6.45) is 0. The molecule has 1 unspecified atom stereocenters. The van der Waals surface area contributed by atoms with Crippen molar-refractivity contribution in [2.45, 2.75) is 26.7 Å². The number of aryl methyl sites for hydroxylation is 1. The molecule has 0 saturated carbocycles. The van der Waals surface area contributed by atoms with Crippen LogP contribution in [0.1, 0.15) is 30.9 Å². The van der Waals surface area contributed by atoms with Gasteiger partial charge in [-0.15, -0.1) is 0 Å². The Labute approximate surface area is 120 Å². The molecule has 0 spiro atoms. The number of carboxylic acid groups (broad SMARTS) is 1. The van der Waals surface area contributed by atoms with Crippen LogP contribution in [0.2, 0.25) is 0 Å². The molecule has 2 heteroatoms. The van der Waals surface area contributed by atoms with Crippen LogP contribution in [0.4, 0.5) is 0 Å². The lowest BCUT2D eigenvalue weighted by Crippen LogP contribution is -2.17. The standard InChI is InChI=1S/C18H20O2/c1-12(2)17(18(19)20)15-9-7-14(8-10-15)16-6-4-5-13(3)11-16/h4-12,17H,1-3H3,(H,19,20). The van der Waals surface area contributed by atoms with Gasteiger partial charge in [0.05, 0.1) is 5.92 Å². The van der Waals surface area contributed by atoms with Gasteiger partial charge in [-0.05, 0) is 29.5 Å². The molecule has 0 heterocycles. The lowest BCUT2D eigenvalue weighted by molar-refractivity contribution is -0.139. The summed E-state index contributed by atoms with van der Waals surface area (Å²) in [4.78, 5) is 11.3. The molecule has 2 aromatic carbocycles. The molecule has 0 aliphatic heterocycles. The lowest BCUT2D eigenvalue weighted by Gasteiger charge is -2.17. The third-order valence-electron chi connectivity index (χ3n) is 3.55. The highest BCUT2D eigenvalue weighted by Gasteiger charge is 2.23. The molecule has 0 fully saturated rings. The Morgan fingerprint density at radius 2 is 1.65 bits per heavy atom. The van der Waals surface area contributed by atoms with Crippen molar-refractivity contribution in [2.75, 3.05) is 0 Å². The fourth-order valence-electron chi connectivity index (χ4n) is 2.52. The Hall–Kier alpha value is -2.09. The van der Waals surface area contributed by atoms with Crippen LogP contribution in [-0.4, -0.2) is 11.1 Å². The molecule has 2 aromatic rings. The maximum Gasteiger partial charge on any atom is 0.311 e. The van der Waals surface area contributed by atoms with Crippen molar-refractivity contribution in [3.8, 4) is 11.1 Å². The SMILES string of the molecule is Cc1cccc(-c2ccc(C(C(=O)O)C(C)C)cc2)c1. The number of carboxylic acids is 1. The van der Waals surface area contributed by atoms with Gasteiger partial charge >= 0.3 is 5.97 Å². The minimum absolute atomic E-state index is 0.0809. The van der Waals surface area contributed by atoms with Crippen molar-refractivity contribution in [1.82, 2.24) is 0 Å². The van der Waals surface area contributed by atoms with Crippen molar-refractivity contribution in [3.05, 3.63) is 59.7 Å². The molecule has 2 rings (SSSR count). The van der Waals surface area contributed by atoms with E-state index in [4.69, 9.17) is 0 Å². The Bertz CT molecular complexity index is 597. The van der Waals surface area contributed by atoms with Gasteiger partial charge < -0.3 is 5.11 Å². The van der Waals surface area contributed by atoms with Gasteiger partial charge in [0, 0.05) is 0 Å². The lowest BCUT2D eigenvalue weighted by atomic mass is 9.87. The van der Waals surface area contributed by atoms with Crippen LogP contribution in [0.15, 0.2) is 48.5 Å². The van der Waals surface area contributed by atoms with E-state index in [9.17, 15) is 9.90 Å². The normalized spacial score (nSPS) is 12.4. The van der Waals surface area contributed by atoms with E-state index in [0.717, 1.165) is 16.7 Å². The molecule has 2 nitrogen and oxygen atoms in total. The Balaban J connectivity index is 2.32. The first-order valence-electron chi connectivity index (χ1n) is 6.89. The van der Waals surface area contributed by atoms with E-state index in [1.54, 1.807) is 0 Å². The molecule has 0 amide bonds. The third-order valence-corrected chi connectivity index (χ3v) is 3.55. The van der Waals surface area contributed by atoms with Crippen molar-refractivity contribution in [1.29, 1.82) is 0 Å². The first-order valence-corrected chi connectivity index (χ1v) is 6.89. The maximum absolute atomic E-state index is 11.3. The average Bonchev–Trinajstić information content (AvgIpc) is 2.38. The van der Waals surface area contributed by atoms with Crippen LogP contribution < -0.4 is 0 Å². The highest BCUT2D eigenvalue weighted by atomic mass is 16.4. The molecule has 1 N–H and O–H groups in total. The van der Waals surface area contributed by atoms with Crippen LogP contribution in [-0.2, 0) is 4.79 Å². The van der Waals surface area contributed by atoms with E-state index in [2.05, 4.69) is 25.1 Å². The first-order chi connectivity index (χ1) is 9.49. The zero-order valence-corrected chi connectivity index (χ0v) is 12.1. The van der Waals surface area contributed by atoms with Crippen LogP contribution in [0.3, 0.4) is 0 Å². The Morgan fingerprint density at radius 3 is 2.15 bits per heavy atom. The molecule has 0 aliphatic rings. The highest BCUT2D eigenvalue weighted by molar-refractivity contribution is 5.77. The highest BCUT2D eigenvalue weighted by Crippen LogP contribution is 2.27. The van der Waals surface area contributed by atoms with Gasteiger partial charge in [-0.25, -0.2) is 0 Å². The zero-order valence-electron chi connectivity index (χ0n) is 12.1. The number of carbonyl (C=O) groups is 1. The summed E-state index contributed by atoms with van der Waals surface area (Å²) in [6, 6.07) is 16.2. The number of aliphatic carboxylic acids is 1. The quantitative estimate of drug-likeness (QED) is 0.887. The predicted octanol–water partition coefficient (Wildman–Crippen LogP) is 4.49. The number of benzene rings is 2. The largest absolute Gasteiger partial charge is 0.481 e. The van der Waals surface area contributed by atoms with E-state index in [0.29, 0.717) is 0 Å². The van der Waals surface area contributed by atoms with E-state index >= 15 is 0 Å². The van der Waals surface area contributed by atoms with Crippen LogP contribution >= 0.6 is 0 Å². The predicted molar refractivity (Wildman–Crippen MR) is 81.8 cm³/mol. The van der Waals surface area contributed by atoms with Crippen molar-refractivity contribution >= 4 is 5.97 Å². The molecule has 0 aliphatic carbocycles. The Kier molecular flexibility index (Phi) is 4.23. The average molecular weight is 268 g/mol. The molecule has 20 heavy (non-hydrogen) atoms. The maximum atomic E-state index is 11.3. The third kappa shape index (κ3) is 3.08. The number of hydrogen-bond donors (Lipinski definition) is 1. The fraction of sp³-hybridized carbons (Fsp3) is 0.278. The van der Waals surface area contributed by atoms with Gasteiger partial charge in [-0.1, -0.05) is 67.9 Å². The van der Waals surface area contributed by atoms with Crippen molar-refractivity contribution in [3.63, 3.8) is 0 Å². The molecule has 1 atom stereocenters. The monoisotopic (exact) mass is 268 g/mol. The molecule has 104 valence electrons. The molecular formula is C18H20O2. The van der Waals surface area contributed by atoms with E-state index in [1.807, 2.05) is 44.2 Å². The fourth-order valence-corrected chi connectivity index (χ4v) is 2.52. The van der Waals surface area contributed by atoms with Gasteiger partial charge in [0.25, 0.3) is 0 Å². The Morgan fingerprint density at radius 1 is 1.00 bits per heavy atom. The second-order valence-corrected chi connectivity index (χ2v) is 5.55. The van der Waals surface area contributed by atoms with Gasteiger partial charge in [0.15, 0.2) is 0 Å². The smallest absolute Gasteiger partial charge is 0.311 e. The van der Waals surface area contributed by atoms with Crippen molar-refractivity contribution in [2.24, 2.45) is 5.92 Å². The first kappa shape index (κ1) is 14.3. The van der Waals surface area contributed by atoms with E-state index in [1.165, 1.54) is 5.56 Å². The van der Waals surface area contributed by atoms with Crippen LogP contribution in [0.5, 0.6) is 0 Å². The summed E-state index contributed by atoms with van der Waals surface area (Å²) in [5.41, 5.74) is 4.36. The second kappa shape index (κ2) is 5.91. The summed E-state index contributed by atoms with van der Waals surface area (Å²) in [6.45, 7) is 5.94.